The van der Waals surface area contributed by atoms with E-state index in [1.165, 1.54) is 6.42 Å². The Morgan fingerprint density at radius 3 is 2.24 bits per heavy atom. The van der Waals surface area contributed by atoms with Crippen LogP contribution in [-0.4, -0.2) is 52.6 Å². The highest BCUT2D eigenvalue weighted by atomic mass is 16.4. The molecule has 0 aromatic heterocycles. The lowest BCUT2D eigenvalue weighted by Crippen LogP contribution is -2.49. The van der Waals surface area contributed by atoms with Gasteiger partial charge in [-0.25, -0.2) is 4.79 Å². The second kappa shape index (κ2) is 4.94. The van der Waals surface area contributed by atoms with E-state index in [4.69, 9.17) is 5.11 Å². The monoisotopic (exact) mass is 240 g/mol. The second-order valence-corrected chi connectivity index (χ2v) is 5.05. The summed E-state index contributed by atoms with van der Waals surface area (Å²) in [6, 6.07) is 0.663. The summed E-state index contributed by atoms with van der Waals surface area (Å²) >= 11 is 0. The molecule has 2 saturated carbocycles. The van der Waals surface area contributed by atoms with E-state index < -0.39 is 5.97 Å². The molecule has 2 amide bonds. The highest BCUT2D eigenvalue weighted by Gasteiger charge is 2.36. The lowest BCUT2D eigenvalue weighted by molar-refractivity contribution is -0.137. The van der Waals surface area contributed by atoms with E-state index in [0.717, 1.165) is 25.7 Å². The Kier molecular flexibility index (Phi) is 3.54. The van der Waals surface area contributed by atoms with Crippen molar-refractivity contribution in [3.63, 3.8) is 0 Å². The largest absolute Gasteiger partial charge is 0.481 e. The Labute approximate surface area is 101 Å². The third-order valence-corrected chi connectivity index (χ3v) is 3.72. The summed E-state index contributed by atoms with van der Waals surface area (Å²) in [5.41, 5.74) is 0. The number of urea groups is 1. The number of carbonyl (C=O) groups excluding carboxylic acids is 1. The number of carboxylic acid groups (broad SMARTS) is 1. The van der Waals surface area contributed by atoms with Crippen LogP contribution in [0.3, 0.4) is 0 Å². The van der Waals surface area contributed by atoms with Crippen molar-refractivity contribution < 1.29 is 14.7 Å². The summed E-state index contributed by atoms with van der Waals surface area (Å²) in [7, 11) is 1.84. The smallest absolute Gasteiger partial charge is 0.320 e. The molecule has 5 heteroatoms. The first-order chi connectivity index (χ1) is 8.09. The van der Waals surface area contributed by atoms with E-state index in [-0.39, 0.29) is 18.5 Å². The molecule has 0 aromatic carbocycles. The number of amides is 2. The van der Waals surface area contributed by atoms with Gasteiger partial charge in [0.25, 0.3) is 0 Å². The maximum Gasteiger partial charge on any atom is 0.320 e. The first-order valence-corrected chi connectivity index (χ1v) is 6.35. The van der Waals surface area contributed by atoms with Gasteiger partial charge in [-0.3, -0.25) is 4.79 Å². The lowest BCUT2D eigenvalue weighted by Gasteiger charge is -2.38. The predicted molar refractivity (Wildman–Crippen MR) is 62.8 cm³/mol. The molecule has 0 radical (unpaired) electrons. The predicted octanol–water partition coefficient (Wildman–Crippen LogP) is 1.53. The molecule has 2 aliphatic carbocycles. The minimum atomic E-state index is -0.838. The number of rotatable bonds is 5. The van der Waals surface area contributed by atoms with Crippen LogP contribution in [0.25, 0.3) is 0 Å². The van der Waals surface area contributed by atoms with E-state index in [1.807, 2.05) is 7.05 Å². The zero-order chi connectivity index (χ0) is 12.4. The van der Waals surface area contributed by atoms with Crippen molar-refractivity contribution in [2.45, 2.75) is 50.6 Å². The van der Waals surface area contributed by atoms with Crippen molar-refractivity contribution in [3.05, 3.63) is 0 Å². The molecular weight excluding hydrogens is 220 g/mol. The Bertz CT molecular complexity index is 311. The molecule has 5 nitrogen and oxygen atoms in total. The van der Waals surface area contributed by atoms with Gasteiger partial charge >= 0.3 is 12.0 Å². The summed E-state index contributed by atoms with van der Waals surface area (Å²) in [5.74, 6) is -0.838. The summed E-state index contributed by atoms with van der Waals surface area (Å²) < 4.78 is 0. The van der Waals surface area contributed by atoms with E-state index in [1.54, 1.807) is 9.80 Å². The summed E-state index contributed by atoms with van der Waals surface area (Å²) in [6.45, 7) is 0.343. The maximum atomic E-state index is 12.2. The highest BCUT2D eigenvalue weighted by Crippen LogP contribution is 2.30. The molecule has 0 unspecified atom stereocenters. The van der Waals surface area contributed by atoms with E-state index in [2.05, 4.69) is 0 Å². The number of hydrogen-bond acceptors (Lipinski definition) is 2. The second-order valence-electron chi connectivity index (χ2n) is 5.05. The van der Waals surface area contributed by atoms with Crippen LogP contribution in [0.4, 0.5) is 4.79 Å². The zero-order valence-corrected chi connectivity index (χ0v) is 10.3. The molecular formula is C12H20N2O3. The van der Waals surface area contributed by atoms with Crippen LogP contribution in [0, 0.1) is 0 Å². The molecule has 0 heterocycles. The lowest BCUT2D eigenvalue weighted by atomic mass is 9.92. The van der Waals surface area contributed by atoms with Crippen LogP contribution < -0.4 is 0 Å². The third-order valence-electron chi connectivity index (χ3n) is 3.72. The van der Waals surface area contributed by atoms with Gasteiger partial charge in [-0.15, -0.1) is 0 Å². The number of nitrogens with zero attached hydrogens (tertiary/aromatic N) is 2. The van der Waals surface area contributed by atoms with Crippen molar-refractivity contribution in [2.24, 2.45) is 0 Å². The molecule has 0 aliphatic heterocycles. The van der Waals surface area contributed by atoms with Gasteiger partial charge in [-0.1, -0.05) is 0 Å². The quantitative estimate of drug-likeness (QED) is 0.792. The van der Waals surface area contributed by atoms with E-state index >= 15 is 0 Å². The van der Waals surface area contributed by atoms with Crippen molar-refractivity contribution in [2.75, 3.05) is 13.6 Å². The van der Waals surface area contributed by atoms with E-state index in [0.29, 0.717) is 12.6 Å². The topological polar surface area (TPSA) is 60.9 Å². The molecule has 2 fully saturated rings. The van der Waals surface area contributed by atoms with Gasteiger partial charge in [0, 0.05) is 25.7 Å². The standard InChI is InChI=1S/C12H20N2O3/c1-13(9-3-2-4-9)12(17)14(10-5-6-10)8-7-11(15)16/h9-10H,2-8H2,1H3,(H,15,16). The van der Waals surface area contributed by atoms with Crippen molar-refractivity contribution in [1.82, 2.24) is 9.80 Å². The van der Waals surface area contributed by atoms with Crippen LogP contribution in [0.5, 0.6) is 0 Å². The van der Waals surface area contributed by atoms with Crippen LogP contribution >= 0.6 is 0 Å². The number of carboxylic acids is 1. The van der Waals surface area contributed by atoms with Gasteiger partial charge in [-0.05, 0) is 32.1 Å². The highest BCUT2D eigenvalue weighted by molar-refractivity contribution is 5.76. The minimum Gasteiger partial charge on any atom is -0.481 e. The molecule has 0 atom stereocenters. The molecule has 96 valence electrons. The first-order valence-electron chi connectivity index (χ1n) is 6.35. The summed E-state index contributed by atoms with van der Waals surface area (Å²) in [5, 5.41) is 8.70. The first kappa shape index (κ1) is 12.2. The Morgan fingerprint density at radius 2 is 1.82 bits per heavy atom. The fraction of sp³-hybridized carbons (Fsp3) is 0.833. The maximum absolute atomic E-state index is 12.2. The molecule has 17 heavy (non-hydrogen) atoms. The molecule has 0 saturated heterocycles. The van der Waals surface area contributed by atoms with Crippen molar-refractivity contribution in [1.29, 1.82) is 0 Å². The van der Waals surface area contributed by atoms with Gasteiger partial charge < -0.3 is 14.9 Å². The fourth-order valence-electron chi connectivity index (χ4n) is 2.17. The summed E-state index contributed by atoms with van der Waals surface area (Å²) in [4.78, 5) is 26.4. The third kappa shape index (κ3) is 2.90. The van der Waals surface area contributed by atoms with Crippen molar-refractivity contribution in [3.8, 4) is 0 Å². The van der Waals surface area contributed by atoms with E-state index in [9.17, 15) is 9.59 Å². The molecule has 0 spiro atoms. The van der Waals surface area contributed by atoms with Gasteiger partial charge in [0.2, 0.25) is 0 Å². The fourth-order valence-corrected chi connectivity index (χ4v) is 2.17. The van der Waals surface area contributed by atoms with Gasteiger partial charge in [-0.2, -0.15) is 0 Å². The SMILES string of the molecule is CN(C(=O)N(CCC(=O)O)C1CC1)C1CCC1. The average molecular weight is 240 g/mol. The number of aliphatic carboxylic acids is 1. The molecule has 1 N–H and O–H groups in total. The van der Waals surface area contributed by atoms with Gasteiger partial charge in [0.15, 0.2) is 0 Å². The molecule has 2 aliphatic rings. The van der Waals surface area contributed by atoms with Crippen LogP contribution in [0.1, 0.15) is 38.5 Å². The molecule has 2 rings (SSSR count). The summed E-state index contributed by atoms with van der Waals surface area (Å²) in [6.07, 6.45) is 5.44. The minimum absolute atomic E-state index is 0.0125. The Morgan fingerprint density at radius 1 is 1.18 bits per heavy atom. The normalized spacial score (nSPS) is 19.6. The van der Waals surface area contributed by atoms with Crippen LogP contribution in [0.2, 0.25) is 0 Å². The van der Waals surface area contributed by atoms with Gasteiger partial charge in [0.1, 0.15) is 0 Å². The molecule has 0 aromatic rings. The number of carbonyl (C=O) groups is 2. The van der Waals surface area contributed by atoms with Crippen LogP contribution in [-0.2, 0) is 4.79 Å². The van der Waals surface area contributed by atoms with Crippen LogP contribution in [0.15, 0.2) is 0 Å². The van der Waals surface area contributed by atoms with Crippen molar-refractivity contribution >= 4 is 12.0 Å². The van der Waals surface area contributed by atoms with Gasteiger partial charge in [0.05, 0.1) is 6.42 Å². The average Bonchev–Trinajstić information content (AvgIpc) is 2.98. The zero-order valence-electron chi connectivity index (χ0n) is 10.3. The number of hydrogen-bond donors (Lipinski definition) is 1. The molecule has 0 bridgehead atoms. The Hall–Kier alpha value is -1.26. The Balaban J connectivity index is 1.89.